The van der Waals surface area contributed by atoms with Gasteiger partial charge in [0.2, 0.25) is 0 Å². The summed E-state index contributed by atoms with van der Waals surface area (Å²) in [5, 5.41) is 5.88. The predicted octanol–water partition coefficient (Wildman–Crippen LogP) is 0.669. The summed E-state index contributed by atoms with van der Waals surface area (Å²) in [5.41, 5.74) is 1.04. The summed E-state index contributed by atoms with van der Waals surface area (Å²) >= 11 is 6.23. The molecule has 1 aliphatic rings. The van der Waals surface area contributed by atoms with Gasteiger partial charge >= 0.3 is 6.03 Å². The lowest BCUT2D eigenvalue weighted by molar-refractivity contribution is -0.892. The first-order chi connectivity index (χ1) is 11.5. The van der Waals surface area contributed by atoms with Crippen molar-refractivity contribution in [3.05, 3.63) is 29.3 Å². The molecule has 0 aliphatic carbocycles. The summed E-state index contributed by atoms with van der Waals surface area (Å²) in [5.74, 6) is -0.239. The zero-order chi connectivity index (χ0) is 17.5. The van der Waals surface area contributed by atoms with Gasteiger partial charge in [0.05, 0.1) is 36.9 Å². The molecule has 1 saturated heterocycles. The molecule has 1 fully saturated rings. The molecule has 0 saturated carbocycles. The van der Waals surface area contributed by atoms with Crippen LogP contribution in [0.3, 0.4) is 0 Å². The highest BCUT2D eigenvalue weighted by molar-refractivity contribution is 6.33. The van der Waals surface area contributed by atoms with Gasteiger partial charge in [-0.25, -0.2) is 4.79 Å². The average Bonchev–Trinajstić information content (AvgIpc) is 2.55. The Morgan fingerprint density at radius 2 is 1.96 bits per heavy atom. The number of nitrogens with zero attached hydrogens (tertiary/aromatic N) is 1. The second-order valence-corrected chi connectivity index (χ2v) is 6.60. The average molecular weight is 354 g/mol. The second-order valence-electron chi connectivity index (χ2n) is 6.20. The number of piperazine rings is 1. The third-order valence-corrected chi connectivity index (χ3v) is 4.64. The van der Waals surface area contributed by atoms with E-state index >= 15 is 0 Å². The Morgan fingerprint density at radius 3 is 2.58 bits per heavy atom. The molecule has 24 heavy (non-hydrogen) atoms. The van der Waals surface area contributed by atoms with Crippen molar-refractivity contribution in [1.82, 2.24) is 10.6 Å². The van der Waals surface area contributed by atoms with Crippen LogP contribution in [-0.4, -0.2) is 50.7 Å². The van der Waals surface area contributed by atoms with Gasteiger partial charge in [-0.1, -0.05) is 30.7 Å². The molecule has 6 nitrogen and oxygen atoms in total. The molecule has 3 N–H and O–H groups in total. The number of hydrogen-bond acceptors (Lipinski definition) is 3. The molecule has 0 radical (unpaired) electrons. The first kappa shape index (κ1) is 18.5. The number of rotatable bonds is 5. The lowest BCUT2D eigenvalue weighted by Gasteiger charge is -2.33. The van der Waals surface area contributed by atoms with E-state index in [-0.39, 0.29) is 11.9 Å². The number of para-hydroxylation sites is 1. The number of amides is 3. The number of nitrogens with one attached hydrogen (secondary N) is 3. The second kappa shape index (κ2) is 8.89. The highest BCUT2D eigenvalue weighted by Gasteiger charge is 2.24. The number of halogens is 1. The molecular weight excluding hydrogens is 328 g/mol. The normalized spacial score (nSPS) is 16.5. The molecule has 1 aliphatic heterocycles. The van der Waals surface area contributed by atoms with Crippen LogP contribution in [0, 0.1) is 0 Å². The Balaban J connectivity index is 1.76. The number of benzene rings is 1. The molecule has 0 unspecified atom stereocenters. The molecule has 1 atom stereocenters. The fourth-order valence-electron chi connectivity index (χ4n) is 2.71. The molecule has 7 heteroatoms. The van der Waals surface area contributed by atoms with E-state index in [0.717, 1.165) is 43.3 Å². The van der Waals surface area contributed by atoms with Crippen molar-refractivity contribution >= 4 is 29.2 Å². The van der Waals surface area contributed by atoms with Gasteiger partial charge < -0.3 is 15.1 Å². The van der Waals surface area contributed by atoms with Crippen LogP contribution < -0.4 is 20.4 Å². The van der Waals surface area contributed by atoms with E-state index in [1.54, 1.807) is 0 Å². The Labute approximate surface area is 148 Å². The smallest absolute Gasteiger partial charge is 0.321 e. The van der Waals surface area contributed by atoms with Crippen LogP contribution >= 0.6 is 11.6 Å². The summed E-state index contributed by atoms with van der Waals surface area (Å²) in [6.07, 6.45) is 0.830. The zero-order valence-electron chi connectivity index (χ0n) is 14.3. The fraction of sp³-hybridized carbons (Fsp3) is 0.529. The van der Waals surface area contributed by atoms with Crippen LogP contribution in [0.1, 0.15) is 20.3 Å². The lowest BCUT2D eigenvalue weighted by Crippen LogP contribution is -3.16. The first-order valence-corrected chi connectivity index (χ1v) is 8.80. The number of carbonyl (C=O) groups is 2. The maximum Gasteiger partial charge on any atom is 0.321 e. The van der Waals surface area contributed by atoms with E-state index < -0.39 is 6.03 Å². The van der Waals surface area contributed by atoms with Crippen LogP contribution in [0.4, 0.5) is 10.5 Å². The minimum atomic E-state index is -0.413. The number of quaternary nitrogens is 1. The minimum Gasteiger partial charge on any atom is -0.359 e. The van der Waals surface area contributed by atoms with Crippen LogP contribution in [0.5, 0.6) is 0 Å². The summed E-state index contributed by atoms with van der Waals surface area (Å²) < 4.78 is 0. The number of urea groups is 1. The number of imide groups is 1. The van der Waals surface area contributed by atoms with Gasteiger partial charge in [-0.15, -0.1) is 0 Å². The van der Waals surface area contributed by atoms with E-state index in [9.17, 15) is 9.59 Å². The van der Waals surface area contributed by atoms with Crippen molar-refractivity contribution in [2.24, 2.45) is 0 Å². The fourth-order valence-corrected chi connectivity index (χ4v) is 2.96. The van der Waals surface area contributed by atoms with Crippen LogP contribution in [-0.2, 0) is 4.79 Å². The van der Waals surface area contributed by atoms with Crippen molar-refractivity contribution in [3.8, 4) is 0 Å². The SMILES string of the molecule is CC[C@@H](C)NC(=O)NC(=O)C[NH+]1CCN(c2ccccc2Cl)CC1. The summed E-state index contributed by atoms with van der Waals surface area (Å²) in [7, 11) is 0. The molecule has 1 heterocycles. The van der Waals surface area contributed by atoms with E-state index in [1.165, 1.54) is 4.90 Å². The molecule has 3 amide bonds. The van der Waals surface area contributed by atoms with E-state index in [0.29, 0.717) is 6.54 Å². The van der Waals surface area contributed by atoms with Crippen molar-refractivity contribution in [2.45, 2.75) is 26.3 Å². The molecule has 132 valence electrons. The highest BCUT2D eigenvalue weighted by Crippen LogP contribution is 2.24. The van der Waals surface area contributed by atoms with Gasteiger partial charge in [0.25, 0.3) is 5.91 Å². The van der Waals surface area contributed by atoms with Gasteiger partial charge in [-0.3, -0.25) is 10.1 Å². The van der Waals surface area contributed by atoms with E-state index in [4.69, 9.17) is 11.6 Å². The molecule has 1 aromatic carbocycles. The molecule has 0 bridgehead atoms. The molecule has 1 aromatic rings. The number of anilines is 1. The highest BCUT2D eigenvalue weighted by atomic mass is 35.5. The summed E-state index contributed by atoms with van der Waals surface area (Å²) in [4.78, 5) is 27.0. The standard InChI is InChI=1S/C17H25ClN4O2/c1-3-13(2)19-17(24)20-16(23)12-21-8-10-22(11-9-21)15-7-5-4-6-14(15)18/h4-7,13H,3,8-12H2,1-2H3,(H2,19,20,23,24)/p+1/t13-/m1/s1. The van der Waals surface area contributed by atoms with E-state index in [1.807, 2.05) is 38.1 Å². The number of hydrogen-bond donors (Lipinski definition) is 3. The largest absolute Gasteiger partial charge is 0.359 e. The Hall–Kier alpha value is -1.79. The van der Waals surface area contributed by atoms with E-state index in [2.05, 4.69) is 15.5 Å². The quantitative estimate of drug-likeness (QED) is 0.729. The van der Waals surface area contributed by atoms with Crippen LogP contribution in [0.25, 0.3) is 0 Å². The molecular formula is C17H26ClN4O2+. The summed E-state index contributed by atoms with van der Waals surface area (Å²) in [6.45, 7) is 7.55. The van der Waals surface area contributed by atoms with Gasteiger partial charge in [-0.2, -0.15) is 0 Å². The third kappa shape index (κ3) is 5.39. The Bertz CT molecular complexity index is 573. The predicted molar refractivity (Wildman–Crippen MR) is 95.7 cm³/mol. The Morgan fingerprint density at radius 1 is 1.29 bits per heavy atom. The molecule has 0 aromatic heterocycles. The van der Waals surface area contributed by atoms with Crippen molar-refractivity contribution < 1.29 is 14.5 Å². The third-order valence-electron chi connectivity index (χ3n) is 4.32. The van der Waals surface area contributed by atoms with Crippen LogP contribution in [0.2, 0.25) is 5.02 Å². The van der Waals surface area contributed by atoms with Crippen molar-refractivity contribution in [2.75, 3.05) is 37.6 Å². The Kier molecular flexibility index (Phi) is 6.87. The number of carbonyl (C=O) groups excluding carboxylic acids is 2. The van der Waals surface area contributed by atoms with Gasteiger partial charge in [0, 0.05) is 6.04 Å². The first-order valence-electron chi connectivity index (χ1n) is 8.43. The van der Waals surface area contributed by atoms with Gasteiger partial charge in [0.15, 0.2) is 6.54 Å². The minimum absolute atomic E-state index is 0.0595. The monoisotopic (exact) mass is 353 g/mol. The zero-order valence-corrected chi connectivity index (χ0v) is 15.0. The van der Waals surface area contributed by atoms with Crippen molar-refractivity contribution in [3.63, 3.8) is 0 Å². The summed E-state index contributed by atoms with van der Waals surface area (Å²) in [6, 6.07) is 7.44. The molecule has 2 rings (SSSR count). The maximum absolute atomic E-state index is 12.0. The van der Waals surface area contributed by atoms with Gasteiger partial charge in [0.1, 0.15) is 0 Å². The maximum atomic E-state index is 12.0. The van der Waals surface area contributed by atoms with Crippen molar-refractivity contribution in [1.29, 1.82) is 0 Å². The van der Waals surface area contributed by atoms with Crippen LogP contribution in [0.15, 0.2) is 24.3 Å². The lowest BCUT2D eigenvalue weighted by atomic mass is 10.2. The topological polar surface area (TPSA) is 65.9 Å². The van der Waals surface area contributed by atoms with Gasteiger partial charge in [-0.05, 0) is 25.5 Å². The molecule has 0 spiro atoms.